The third-order valence-corrected chi connectivity index (χ3v) is 3.16. The zero-order chi connectivity index (χ0) is 12.3. The molecule has 0 aliphatic carbocycles. The molecule has 17 heavy (non-hydrogen) atoms. The maximum absolute atomic E-state index is 4.55. The second-order valence-electron chi connectivity index (χ2n) is 4.76. The number of nitrogens with zero attached hydrogens (tertiary/aromatic N) is 2. The molecule has 1 aromatic heterocycles. The van der Waals surface area contributed by atoms with Crippen molar-refractivity contribution < 1.29 is 0 Å². The first-order valence-corrected chi connectivity index (χ1v) is 6.29. The van der Waals surface area contributed by atoms with Crippen LogP contribution in [0.25, 0.3) is 0 Å². The van der Waals surface area contributed by atoms with Crippen LogP contribution in [-0.2, 0) is 6.54 Å². The van der Waals surface area contributed by atoms with E-state index in [4.69, 9.17) is 0 Å². The number of benzene rings is 1. The van der Waals surface area contributed by atoms with Crippen LogP contribution in [0.2, 0.25) is 0 Å². The summed E-state index contributed by atoms with van der Waals surface area (Å²) in [7, 11) is 1.92. The van der Waals surface area contributed by atoms with Crippen LogP contribution < -0.4 is 0 Å². The fourth-order valence-electron chi connectivity index (χ4n) is 2.27. The summed E-state index contributed by atoms with van der Waals surface area (Å²) in [6, 6.07) is 10.6. The molecule has 0 saturated carbocycles. The zero-order valence-electron chi connectivity index (χ0n) is 10.8. The Morgan fingerprint density at radius 1 is 1.24 bits per heavy atom. The minimum absolute atomic E-state index is 0.393. The first-order valence-electron chi connectivity index (χ1n) is 6.29. The second kappa shape index (κ2) is 5.30. The third-order valence-electron chi connectivity index (χ3n) is 3.16. The van der Waals surface area contributed by atoms with E-state index in [2.05, 4.69) is 66.7 Å². The van der Waals surface area contributed by atoms with E-state index < -0.39 is 0 Å². The summed E-state index contributed by atoms with van der Waals surface area (Å²) in [6.45, 7) is 7.62. The van der Waals surface area contributed by atoms with Gasteiger partial charge in [0, 0.05) is 0 Å². The molecule has 0 saturated heterocycles. The molecular formula is C14H19BN2. The van der Waals surface area contributed by atoms with E-state index in [1.54, 1.807) is 0 Å². The molecule has 0 radical (unpaired) electrons. The Kier molecular flexibility index (Phi) is 3.77. The fourth-order valence-corrected chi connectivity index (χ4v) is 2.27. The zero-order valence-corrected chi connectivity index (χ0v) is 10.8. The Labute approximate surface area is 104 Å². The summed E-state index contributed by atoms with van der Waals surface area (Å²) in [4.78, 5) is 4.55. The van der Waals surface area contributed by atoms with Crippen molar-refractivity contribution in [2.45, 2.75) is 33.2 Å². The van der Waals surface area contributed by atoms with Gasteiger partial charge in [0.05, 0.1) is 0 Å². The molecule has 1 unspecified atom stereocenters. The van der Waals surface area contributed by atoms with Crippen LogP contribution >= 0.6 is 0 Å². The topological polar surface area (TPSA) is 17.8 Å². The first-order chi connectivity index (χ1) is 8.22. The van der Waals surface area contributed by atoms with Gasteiger partial charge < -0.3 is 0 Å². The number of hydrogen-bond acceptors (Lipinski definition) is 1. The third kappa shape index (κ3) is 2.66. The van der Waals surface area contributed by atoms with E-state index in [0.29, 0.717) is 11.8 Å². The molecule has 0 aliphatic rings. The summed E-state index contributed by atoms with van der Waals surface area (Å²) in [6.07, 6.45) is 2.16. The SMILES string of the molecule is CCn1bnc(C(c2ccccc2)C(C)C)c1. The maximum atomic E-state index is 4.55. The molecule has 88 valence electrons. The molecule has 0 spiro atoms. The summed E-state index contributed by atoms with van der Waals surface area (Å²) < 4.78 is 2.13. The van der Waals surface area contributed by atoms with Crippen molar-refractivity contribution in [3.63, 3.8) is 0 Å². The van der Waals surface area contributed by atoms with E-state index >= 15 is 0 Å². The van der Waals surface area contributed by atoms with Crippen molar-refractivity contribution in [1.82, 2.24) is 9.37 Å². The molecule has 1 aromatic carbocycles. The number of aryl methyl sites for hydroxylation is 1. The second-order valence-corrected chi connectivity index (χ2v) is 4.76. The van der Waals surface area contributed by atoms with E-state index in [1.807, 2.05) is 7.19 Å². The van der Waals surface area contributed by atoms with Crippen LogP contribution in [0.5, 0.6) is 0 Å². The van der Waals surface area contributed by atoms with Gasteiger partial charge in [0.2, 0.25) is 0 Å². The van der Waals surface area contributed by atoms with Gasteiger partial charge in [-0.15, -0.1) is 0 Å². The molecule has 0 amide bonds. The standard InChI is InChI=1S/C14H19BN2/c1-4-17-10-13(16-15-17)14(11(2)3)12-8-6-5-7-9-12/h5-11,14H,4H2,1-3H3. The van der Waals surface area contributed by atoms with Gasteiger partial charge in [0.1, 0.15) is 0 Å². The van der Waals surface area contributed by atoms with Gasteiger partial charge in [-0.1, -0.05) is 0 Å². The average Bonchev–Trinajstić information content (AvgIpc) is 2.79. The van der Waals surface area contributed by atoms with Gasteiger partial charge in [0.25, 0.3) is 0 Å². The predicted octanol–water partition coefficient (Wildman–Crippen LogP) is 3.03. The van der Waals surface area contributed by atoms with Crippen molar-refractivity contribution >= 4 is 7.19 Å². The van der Waals surface area contributed by atoms with Crippen molar-refractivity contribution in [2.24, 2.45) is 5.92 Å². The Balaban J connectivity index is 2.36. The monoisotopic (exact) mass is 226 g/mol. The van der Waals surface area contributed by atoms with Crippen LogP contribution in [0, 0.1) is 5.92 Å². The van der Waals surface area contributed by atoms with Gasteiger partial charge >= 0.3 is 103 Å². The molecule has 1 atom stereocenters. The molecule has 0 fully saturated rings. The van der Waals surface area contributed by atoms with Crippen molar-refractivity contribution in [3.05, 3.63) is 47.8 Å². The molecule has 0 N–H and O–H groups in total. The quantitative estimate of drug-likeness (QED) is 0.783. The van der Waals surface area contributed by atoms with Crippen LogP contribution in [0.15, 0.2) is 36.5 Å². The number of rotatable bonds is 4. The van der Waals surface area contributed by atoms with Crippen molar-refractivity contribution in [2.75, 3.05) is 0 Å². The van der Waals surface area contributed by atoms with Crippen LogP contribution in [0.3, 0.4) is 0 Å². The summed E-state index contributed by atoms with van der Waals surface area (Å²) in [5, 5.41) is 0. The van der Waals surface area contributed by atoms with Crippen LogP contribution in [0.4, 0.5) is 0 Å². The van der Waals surface area contributed by atoms with Gasteiger partial charge in [-0.2, -0.15) is 0 Å². The number of hydrogen-bond donors (Lipinski definition) is 0. The molecule has 0 bridgehead atoms. The average molecular weight is 226 g/mol. The normalized spacial score (nSPS) is 12.7. The summed E-state index contributed by atoms with van der Waals surface area (Å²) in [5.41, 5.74) is 2.52. The molecule has 2 nitrogen and oxygen atoms in total. The van der Waals surface area contributed by atoms with E-state index in [-0.39, 0.29) is 0 Å². The Morgan fingerprint density at radius 2 is 1.94 bits per heavy atom. The molecular weight excluding hydrogens is 207 g/mol. The van der Waals surface area contributed by atoms with Gasteiger partial charge in [-0.05, 0) is 0 Å². The fraction of sp³-hybridized carbons (Fsp3) is 0.429. The van der Waals surface area contributed by atoms with Gasteiger partial charge in [-0.3, -0.25) is 0 Å². The van der Waals surface area contributed by atoms with E-state index in [0.717, 1.165) is 6.54 Å². The summed E-state index contributed by atoms with van der Waals surface area (Å²) in [5.74, 6) is 0.946. The molecule has 3 heteroatoms. The molecule has 2 aromatic rings. The summed E-state index contributed by atoms with van der Waals surface area (Å²) >= 11 is 0. The van der Waals surface area contributed by atoms with Crippen LogP contribution in [-0.4, -0.2) is 16.6 Å². The molecule has 1 heterocycles. The minimum atomic E-state index is 0.393. The van der Waals surface area contributed by atoms with Gasteiger partial charge in [0.15, 0.2) is 0 Å². The molecule has 2 rings (SSSR count). The predicted molar refractivity (Wildman–Crippen MR) is 72.4 cm³/mol. The van der Waals surface area contributed by atoms with Crippen molar-refractivity contribution in [3.8, 4) is 0 Å². The Hall–Kier alpha value is -1.38. The first kappa shape index (κ1) is 12.1. The van der Waals surface area contributed by atoms with E-state index in [1.165, 1.54) is 11.3 Å². The number of aromatic nitrogens is 2. The Morgan fingerprint density at radius 3 is 2.47 bits per heavy atom. The Bertz CT molecular complexity index is 462. The van der Waals surface area contributed by atoms with Crippen LogP contribution in [0.1, 0.15) is 37.9 Å². The van der Waals surface area contributed by atoms with E-state index in [9.17, 15) is 0 Å². The van der Waals surface area contributed by atoms with Crippen molar-refractivity contribution in [1.29, 1.82) is 0 Å². The molecule has 0 aliphatic heterocycles. The van der Waals surface area contributed by atoms with Gasteiger partial charge in [-0.25, -0.2) is 0 Å².